The first kappa shape index (κ1) is 27.3. The highest BCUT2D eigenvalue weighted by molar-refractivity contribution is 5.94. The second kappa shape index (κ2) is 13.1. The summed E-state index contributed by atoms with van der Waals surface area (Å²) in [4.78, 5) is 49.3. The first-order valence-corrected chi connectivity index (χ1v) is 11.2. The zero-order valence-corrected chi connectivity index (χ0v) is 19.7. The quantitative estimate of drug-likeness (QED) is 0.252. The van der Waals surface area contributed by atoms with Gasteiger partial charge in [0.1, 0.15) is 24.4 Å². The minimum absolute atomic E-state index is 0.0408. The van der Waals surface area contributed by atoms with Crippen LogP contribution in [0.2, 0.25) is 0 Å². The third-order valence-electron chi connectivity index (χ3n) is 5.31. The number of aliphatic carboxylic acids is 1. The zero-order chi connectivity index (χ0) is 26.0. The molecule has 0 fully saturated rings. The highest BCUT2D eigenvalue weighted by Crippen LogP contribution is 2.12. The number of phenolic OH excluding ortho intramolecular Hbond substituents is 1. The normalized spacial score (nSPS) is 13.4. The van der Waals surface area contributed by atoms with E-state index in [1.807, 2.05) is 30.3 Å². The monoisotopic (exact) mass is 484 g/mol. The van der Waals surface area contributed by atoms with Crippen LogP contribution in [-0.4, -0.2) is 58.6 Å². The van der Waals surface area contributed by atoms with Gasteiger partial charge in [0.25, 0.3) is 0 Å². The van der Waals surface area contributed by atoms with Crippen LogP contribution >= 0.6 is 0 Å². The van der Waals surface area contributed by atoms with Crippen LogP contribution in [0.1, 0.15) is 25.0 Å². The van der Waals surface area contributed by atoms with Gasteiger partial charge in [-0.05, 0) is 35.6 Å². The van der Waals surface area contributed by atoms with Crippen molar-refractivity contribution in [3.05, 3.63) is 65.7 Å². The summed E-state index contributed by atoms with van der Waals surface area (Å²) in [7, 11) is 0. The van der Waals surface area contributed by atoms with E-state index in [1.54, 1.807) is 26.0 Å². The van der Waals surface area contributed by atoms with Crippen molar-refractivity contribution in [1.82, 2.24) is 16.0 Å². The number of amides is 3. The number of carbonyl (C=O) groups excluding carboxylic acids is 3. The molecule has 35 heavy (non-hydrogen) atoms. The number of rotatable bonds is 12. The highest BCUT2D eigenvalue weighted by atomic mass is 16.4. The van der Waals surface area contributed by atoms with Gasteiger partial charge < -0.3 is 31.9 Å². The molecule has 0 aliphatic carbocycles. The van der Waals surface area contributed by atoms with Crippen LogP contribution in [0.5, 0.6) is 5.75 Å². The first-order chi connectivity index (χ1) is 16.6. The fourth-order valence-corrected chi connectivity index (χ4v) is 3.38. The number of phenols is 1. The smallest absolute Gasteiger partial charge is 0.322 e. The number of hydrogen-bond donors (Lipinski definition) is 6. The van der Waals surface area contributed by atoms with Gasteiger partial charge in [-0.15, -0.1) is 0 Å². The van der Waals surface area contributed by atoms with Crippen molar-refractivity contribution < 1.29 is 29.4 Å². The molecule has 0 radical (unpaired) electrons. The van der Waals surface area contributed by atoms with Crippen molar-refractivity contribution in [3.63, 3.8) is 0 Å². The molecule has 7 N–H and O–H groups in total. The lowest BCUT2D eigenvalue weighted by Gasteiger charge is -2.26. The molecule has 2 aromatic rings. The number of aromatic hydroxyl groups is 1. The van der Waals surface area contributed by atoms with Crippen LogP contribution in [0.4, 0.5) is 0 Å². The molecule has 10 nitrogen and oxygen atoms in total. The number of carboxylic acids is 1. The summed E-state index contributed by atoms with van der Waals surface area (Å²) in [6.45, 7) is 2.87. The Morgan fingerprint density at radius 1 is 0.829 bits per heavy atom. The second-order valence-electron chi connectivity index (χ2n) is 8.57. The molecule has 3 atom stereocenters. The predicted molar refractivity (Wildman–Crippen MR) is 129 cm³/mol. The molecule has 188 valence electrons. The average molecular weight is 485 g/mol. The van der Waals surface area contributed by atoms with Crippen LogP contribution in [0, 0.1) is 5.92 Å². The topological polar surface area (TPSA) is 171 Å². The third-order valence-corrected chi connectivity index (χ3v) is 5.31. The Balaban J connectivity index is 2.11. The van der Waals surface area contributed by atoms with E-state index in [9.17, 15) is 24.3 Å². The van der Waals surface area contributed by atoms with Gasteiger partial charge in [0.05, 0.1) is 6.04 Å². The molecule has 2 rings (SSSR count). The van der Waals surface area contributed by atoms with Crippen LogP contribution in [0.25, 0.3) is 0 Å². The summed E-state index contributed by atoms with van der Waals surface area (Å²) in [5.74, 6) is -3.31. The molecular weight excluding hydrogens is 452 g/mol. The van der Waals surface area contributed by atoms with Crippen molar-refractivity contribution in [1.29, 1.82) is 0 Å². The molecule has 0 saturated carbocycles. The van der Waals surface area contributed by atoms with E-state index in [-0.39, 0.29) is 18.1 Å². The highest BCUT2D eigenvalue weighted by Gasteiger charge is 2.30. The summed E-state index contributed by atoms with van der Waals surface area (Å²) < 4.78 is 0. The maximum absolute atomic E-state index is 13.1. The molecule has 0 spiro atoms. The van der Waals surface area contributed by atoms with Crippen LogP contribution in [-0.2, 0) is 32.0 Å². The van der Waals surface area contributed by atoms with Gasteiger partial charge in [-0.2, -0.15) is 0 Å². The average Bonchev–Trinajstić information content (AvgIpc) is 2.82. The molecule has 0 saturated heterocycles. The van der Waals surface area contributed by atoms with E-state index < -0.39 is 48.4 Å². The number of hydrogen-bond acceptors (Lipinski definition) is 6. The number of carboxylic acid groups (broad SMARTS) is 1. The van der Waals surface area contributed by atoms with Crippen LogP contribution in [0.3, 0.4) is 0 Å². The van der Waals surface area contributed by atoms with Gasteiger partial charge in [-0.1, -0.05) is 56.3 Å². The summed E-state index contributed by atoms with van der Waals surface area (Å²) in [5.41, 5.74) is 7.56. The fourth-order valence-electron chi connectivity index (χ4n) is 3.38. The maximum atomic E-state index is 13.1. The summed E-state index contributed by atoms with van der Waals surface area (Å²) in [5, 5.41) is 25.9. The van der Waals surface area contributed by atoms with Gasteiger partial charge in [0, 0.05) is 6.42 Å². The third kappa shape index (κ3) is 9.09. The van der Waals surface area contributed by atoms with Gasteiger partial charge in [-0.25, -0.2) is 0 Å². The van der Waals surface area contributed by atoms with Crippen molar-refractivity contribution in [2.75, 3.05) is 6.54 Å². The van der Waals surface area contributed by atoms with Gasteiger partial charge in [-0.3, -0.25) is 19.2 Å². The molecule has 0 aromatic heterocycles. The Morgan fingerprint density at radius 2 is 1.43 bits per heavy atom. The van der Waals surface area contributed by atoms with E-state index in [0.29, 0.717) is 12.0 Å². The summed E-state index contributed by atoms with van der Waals surface area (Å²) in [6, 6.07) is 12.3. The van der Waals surface area contributed by atoms with E-state index in [0.717, 1.165) is 5.56 Å². The van der Waals surface area contributed by atoms with Gasteiger partial charge in [0.15, 0.2) is 0 Å². The van der Waals surface area contributed by atoms with Crippen LogP contribution in [0.15, 0.2) is 54.6 Å². The molecule has 3 amide bonds. The van der Waals surface area contributed by atoms with Crippen molar-refractivity contribution in [2.45, 2.75) is 44.8 Å². The number of carbonyl (C=O) groups is 4. The van der Waals surface area contributed by atoms with E-state index in [2.05, 4.69) is 16.0 Å². The SMILES string of the molecule is CC(C)C(NC(=O)C(N)Cc1ccccc1)C(=O)NC(Cc1ccc(O)cc1)C(=O)NCC(=O)O. The largest absolute Gasteiger partial charge is 0.508 e. The first-order valence-electron chi connectivity index (χ1n) is 11.2. The molecule has 0 bridgehead atoms. The van der Waals surface area contributed by atoms with Crippen LogP contribution < -0.4 is 21.7 Å². The maximum Gasteiger partial charge on any atom is 0.322 e. The molecule has 3 unspecified atom stereocenters. The van der Waals surface area contributed by atoms with Gasteiger partial charge in [0.2, 0.25) is 17.7 Å². The standard InChI is InChI=1S/C25H32N4O6/c1-15(2)22(29-23(33)19(26)12-16-6-4-3-5-7-16)25(35)28-20(24(34)27-14-21(31)32)13-17-8-10-18(30)11-9-17/h3-11,15,19-20,22,30H,12-14,26H2,1-2H3,(H,27,34)(H,28,35)(H,29,33)(H,31,32). The predicted octanol–water partition coefficient (Wildman–Crippen LogP) is 0.331. The Kier molecular flexibility index (Phi) is 10.2. The lowest BCUT2D eigenvalue weighted by molar-refractivity contribution is -0.138. The summed E-state index contributed by atoms with van der Waals surface area (Å²) in [6.07, 6.45) is 0.337. The Morgan fingerprint density at radius 3 is 2.00 bits per heavy atom. The van der Waals surface area contributed by atoms with E-state index in [4.69, 9.17) is 10.8 Å². The lowest BCUT2D eigenvalue weighted by atomic mass is 9.99. The molecular formula is C25H32N4O6. The second-order valence-corrected chi connectivity index (χ2v) is 8.57. The number of benzene rings is 2. The molecule has 0 aliphatic heterocycles. The number of nitrogens with two attached hydrogens (primary N) is 1. The van der Waals surface area contributed by atoms with Crippen molar-refractivity contribution in [3.8, 4) is 5.75 Å². The number of nitrogens with one attached hydrogen (secondary N) is 3. The fraction of sp³-hybridized carbons (Fsp3) is 0.360. The Hall–Kier alpha value is -3.92. The molecule has 0 heterocycles. The van der Waals surface area contributed by atoms with Crippen molar-refractivity contribution in [2.24, 2.45) is 11.7 Å². The zero-order valence-electron chi connectivity index (χ0n) is 19.7. The van der Waals surface area contributed by atoms with Crippen molar-refractivity contribution >= 4 is 23.7 Å². The minimum Gasteiger partial charge on any atom is -0.508 e. The molecule has 2 aromatic carbocycles. The van der Waals surface area contributed by atoms with E-state index in [1.165, 1.54) is 12.1 Å². The van der Waals surface area contributed by atoms with E-state index >= 15 is 0 Å². The molecule has 10 heteroatoms. The summed E-state index contributed by atoms with van der Waals surface area (Å²) >= 11 is 0. The Bertz CT molecular complexity index is 1010. The molecule has 0 aliphatic rings. The Labute approximate surface area is 203 Å². The minimum atomic E-state index is -1.23. The lowest BCUT2D eigenvalue weighted by Crippen LogP contribution is -2.58. The van der Waals surface area contributed by atoms with Gasteiger partial charge >= 0.3 is 5.97 Å².